The molecule has 1 N–H and O–H groups in total. The van der Waals surface area contributed by atoms with Crippen LogP contribution in [0, 0.1) is 0 Å². The van der Waals surface area contributed by atoms with E-state index in [1.54, 1.807) is 6.07 Å². The molecule has 1 aromatic rings. The molecule has 0 saturated carbocycles. The normalized spacial score (nSPS) is 18.3. The predicted molar refractivity (Wildman–Crippen MR) is 57.7 cm³/mol. The summed E-state index contributed by atoms with van der Waals surface area (Å²) >= 11 is 11.8. The molecule has 2 rings (SSSR count). The van der Waals surface area contributed by atoms with Gasteiger partial charge >= 0.3 is 0 Å². The van der Waals surface area contributed by atoms with Crippen LogP contribution in [-0.4, -0.2) is 10.9 Å². The lowest BCUT2D eigenvalue weighted by molar-refractivity contribution is 0.317. The first-order valence-electron chi connectivity index (χ1n) is 4.41. The minimum absolute atomic E-state index is 0.508. The van der Waals surface area contributed by atoms with Crippen molar-refractivity contribution < 1.29 is 5.21 Å². The number of rotatable bonds is 0. The summed E-state index contributed by atoms with van der Waals surface area (Å²) in [7, 11) is 0. The molecule has 14 heavy (non-hydrogen) atoms. The van der Waals surface area contributed by atoms with E-state index in [-0.39, 0.29) is 0 Å². The van der Waals surface area contributed by atoms with Gasteiger partial charge in [-0.25, -0.2) is 0 Å². The van der Waals surface area contributed by atoms with Crippen LogP contribution in [-0.2, 0) is 6.42 Å². The van der Waals surface area contributed by atoms with Gasteiger partial charge in [0.05, 0.1) is 15.8 Å². The molecule has 0 aromatic heterocycles. The fraction of sp³-hybridized carbons (Fsp3) is 0.300. The SMILES string of the molecule is O/N=C1/CCCc2cc(Cl)c(Cl)cc21. The second-order valence-electron chi connectivity index (χ2n) is 3.32. The molecule has 1 aliphatic rings. The summed E-state index contributed by atoms with van der Waals surface area (Å²) < 4.78 is 0. The van der Waals surface area contributed by atoms with E-state index in [0.717, 1.165) is 30.4 Å². The van der Waals surface area contributed by atoms with Crippen LogP contribution in [0.5, 0.6) is 0 Å². The Hall–Kier alpha value is -0.730. The summed E-state index contributed by atoms with van der Waals surface area (Å²) in [4.78, 5) is 0. The van der Waals surface area contributed by atoms with Gasteiger partial charge in [0.2, 0.25) is 0 Å². The van der Waals surface area contributed by atoms with E-state index in [2.05, 4.69) is 5.16 Å². The van der Waals surface area contributed by atoms with Gasteiger partial charge in [0.15, 0.2) is 0 Å². The Labute approximate surface area is 92.1 Å². The van der Waals surface area contributed by atoms with Gasteiger partial charge in [-0.05, 0) is 37.0 Å². The van der Waals surface area contributed by atoms with Crippen LogP contribution in [0.15, 0.2) is 17.3 Å². The Balaban J connectivity index is 2.58. The number of hydrogen-bond donors (Lipinski definition) is 1. The van der Waals surface area contributed by atoms with Gasteiger partial charge in [0.25, 0.3) is 0 Å². The molecule has 0 fully saturated rings. The quantitative estimate of drug-likeness (QED) is 0.536. The van der Waals surface area contributed by atoms with E-state index in [0.29, 0.717) is 15.8 Å². The fourth-order valence-electron chi connectivity index (χ4n) is 1.75. The summed E-state index contributed by atoms with van der Waals surface area (Å²) in [6.07, 6.45) is 2.75. The molecule has 0 aliphatic heterocycles. The average molecular weight is 230 g/mol. The van der Waals surface area contributed by atoms with Crippen molar-refractivity contribution in [2.24, 2.45) is 5.16 Å². The summed E-state index contributed by atoms with van der Waals surface area (Å²) in [6.45, 7) is 0. The molecule has 74 valence electrons. The molecule has 1 aliphatic carbocycles. The number of halogens is 2. The third-order valence-electron chi connectivity index (χ3n) is 2.44. The van der Waals surface area contributed by atoms with E-state index < -0.39 is 0 Å². The van der Waals surface area contributed by atoms with Gasteiger partial charge in [-0.1, -0.05) is 28.4 Å². The molecule has 0 amide bonds. The molecule has 4 heteroatoms. The van der Waals surface area contributed by atoms with E-state index in [1.807, 2.05) is 6.07 Å². The van der Waals surface area contributed by atoms with Crippen molar-refractivity contribution in [2.45, 2.75) is 19.3 Å². The van der Waals surface area contributed by atoms with E-state index in [9.17, 15) is 0 Å². The maximum atomic E-state index is 8.81. The number of aryl methyl sites for hydroxylation is 1. The minimum Gasteiger partial charge on any atom is -0.411 e. The zero-order chi connectivity index (χ0) is 10.1. The van der Waals surface area contributed by atoms with Gasteiger partial charge in [-0.3, -0.25) is 0 Å². The number of oxime groups is 1. The van der Waals surface area contributed by atoms with Crippen LogP contribution in [0.3, 0.4) is 0 Å². The van der Waals surface area contributed by atoms with Crippen LogP contribution in [0.4, 0.5) is 0 Å². The topological polar surface area (TPSA) is 32.6 Å². The molecule has 0 radical (unpaired) electrons. The first-order chi connectivity index (χ1) is 6.72. The van der Waals surface area contributed by atoms with Gasteiger partial charge in [-0.2, -0.15) is 0 Å². The van der Waals surface area contributed by atoms with Crippen LogP contribution in [0.2, 0.25) is 10.0 Å². The summed E-state index contributed by atoms with van der Waals surface area (Å²) in [5.74, 6) is 0. The molecule has 0 unspecified atom stereocenters. The average Bonchev–Trinajstić information content (AvgIpc) is 2.19. The third kappa shape index (κ3) is 1.60. The zero-order valence-electron chi connectivity index (χ0n) is 7.43. The number of nitrogens with zero attached hydrogens (tertiary/aromatic N) is 1. The molecule has 0 bridgehead atoms. The number of hydrogen-bond acceptors (Lipinski definition) is 2. The Kier molecular flexibility index (Phi) is 2.66. The highest BCUT2D eigenvalue weighted by Gasteiger charge is 2.17. The largest absolute Gasteiger partial charge is 0.411 e. The van der Waals surface area contributed by atoms with E-state index >= 15 is 0 Å². The number of benzene rings is 1. The summed E-state index contributed by atoms with van der Waals surface area (Å²) in [5.41, 5.74) is 2.73. The lowest BCUT2D eigenvalue weighted by Crippen LogP contribution is -2.11. The van der Waals surface area contributed by atoms with Crippen LogP contribution in [0.1, 0.15) is 24.0 Å². The summed E-state index contributed by atoms with van der Waals surface area (Å²) in [6, 6.07) is 3.62. The minimum atomic E-state index is 0.508. The Morgan fingerprint density at radius 2 is 1.86 bits per heavy atom. The van der Waals surface area contributed by atoms with Crippen LogP contribution >= 0.6 is 23.2 Å². The maximum absolute atomic E-state index is 8.81. The smallest absolute Gasteiger partial charge is 0.0871 e. The van der Waals surface area contributed by atoms with Crippen LogP contribution < -0.4 is 0 Å². The van der Waals surface area contributed by atoms with Crippen molar-refractivity contribution in [3.8, 4) is 0 Å². The standard InChI is InChI=1S/C10H9Cl2NO/c11-8-4-6-2-1-3-10(13-14)7(6)5-9(8)12/h4-5,14H,1-3H2/b13-10-. The lowest BCUT2D eigenvalue weighted by atomic mass is 9.90. The molecule has 0 saturated heterocycles. The molecule has 0 atom stereocenters. The van der Waals surface area contributed by atoms with Crippen molar-refractivity contribution in [1.82, 2.24) is 0 Å². The molecule has 0 heterocycles. The molecule has 0 spiro atoms. The second kappa shape index (κ2) is 3.79. The molecule has 1 aromatic carbocycles. The molecular formula is C10H9Cl2NO. The van der Waals surface area contributed by atoms with Gasteiger partial charge in [0, 0.05) is 5.56 Å². The van der Waals surface area contributed by atoms with Crippen molar-refractivity contribution >= 4 is 28.9 Å². The van der Waals surface area contributed by atoms with Gasteiger partial charge in [0.1, 0.15) is 0 Å². The van der Waals surface area contributed by atoms with Crippen molar-refractivity contribution in [2.75, 3.05) is 0 Å². The zero-order valence-corrected chi connectivity index (χ0v) is 8.94. The van der Waals surface area contributed by atoms with Gasteiger partial charge in [-0.15, -0.1) is 0 Å². The summed E-state index contributed by atoms with van der Waals surface area (Å²) in [5, 5.41) is 13.2. The predicted octanol–water partition coefficient (Wildman–Crippen LogP) is 3.51. The third-order valence-corrected chi connectivity index (χ3v) is 3.16. The Bertz CT molecular complexity index is 401. The first kappa shape index (κ1) is 9.81. The highest BCUT2D eigenvalue weighted by atomic mass is 35.5. The lowest BCUT2D eigenvalue weighted by Gasteiger charge is -2.17. The Morgan fingerprint density at radius 3 is 2.57 bits per heavy atom. The van der Waals surface area contributed by atoms with Crippen molar-refractivity contribution in [3.63, 3.8) is 0 Å². The molecule has 2 nitrogen and oxygen atoms in total. The highest BCUT2D eigenvalue weighted by Crippen LogP contribution is 2.30. The fourth-order valence-corrected chi connectivity index (χ4v) is 2.10. The molecular weight excluding hydrogens is 221 g/mol. The van der Waals surface area contributed by atoms with E-state index in [1.165, 1.54) is 0 Å². The maximum Gasteiger partial charge on any atom is 0.0871 e. The van der Waals surface area contributed by atoms with E-state index in [4.69, 9.17) is 28.4 Å². The second-order valence-corrected chi connectivity index (χ2v) is 4.14. The van der Waals surface area contributed by atoms with Gasteiger partial charge < -0.3 is 5.21 Å². The van der Waals surface area contributed by atoms with Crippen molar-refractivity contribution in [1.29, 1.82) is 0 Å². The van der Waals surface area contributed by atoms with Crippen LogP contribution in [0.25, 0.3) is 0 Å². The highest BCUT2D eigenvalue weighted by molar-refractivity contribution is 6.42. The van der Waals surface area contributed by atoms with Crippen molar-refractivity contribution in [3.05, 3.63) is 33.3 Å². The monoisotopic (exact) mass is 229 g/mol. The Morgan fingerprint density at radius 1 is 1.14 bits per heavy atom. The first-order valence-corrected chi connectivity index (χ1v) is 5.17. The number of fused-ring (bicyclic) bond motifs is 1.